The van der Waals surface area contributed by atoms with E-state index in [-0.39, 0.29) is 0 Å². The third kappa shape index (κ3) is 2.37. The highest BCUT2D eigenvalue weighted by atomic mass is 35.5. The Morgan fingerprint density at radius 1 is 1.00 bits per heavy atom. The Hall–Kier alpha value is -1.05. The molecule has 16 heavy (non-hydrogen) atoms. The van der Waals surface area contributed by atoms with Crippen LogP contribution in [-0.2, 0) is 6.54 Å². The quantitative estimate of drug-likeness (QED) is 0.719. The number of pyridine rings is 1. The van der Waals surface area contributed by atoms with Crippen molar-refractivity contribution in [1.29, 1.82) is 0 Å². The molecule has 1 heterocycles. The van der Waals surface area contributed by atoms with Gasteiger partial charge in [-0.3, -0.25) is 0 Å². The zero-order valence-electron chi connectivity index (χ0n) is 8.95. The van der Waals surface area contributed by atoms with Crippen molar-refractivity contribution in [3.05, 3.63) is 63.9 Å². The van der Waals surface area contributed by atoms with E-state index < -0.39 is 0 Å². The van der Waals surface area contributed by atoms with Crippen LogP contribution in [0.5, 0.6) is 0 Å². The van der Waals surface area contributed by atoms with Gasteiger partial charge >= 0.3 is 0 Å². The SMILES string of the molecule is Cc1cccc[n+]1Cc1c(Cl)cccc1Cl. The lowest BCUT2D eigenvalue weighted by Gasteiger charge is -2.04. The molecule has 0 saturated carbocycles. The minimum Gasteiger partial charge on any atom is -0.198 e. The first-order chi connectivity index (χ1) is 7.68. The van der Waals surface area contributed by atoms with Gasteiger partial charge in [-0.25, -0.2) is 0 Å². The number of halogens is 2. The molecular formula is C13H12Cl2N+. The summed E-state index contributed by atoms with van der Waals surface area (Å²) >= 11 is 12.3. The molecule has 0 amide bonds. The molecule has 0 bridgehead atoms. The topological polar surface area (TPSA) is 3.88 Å². The Morgan fingerprint density at radius 3 is 2.31 bits per heavy atom. The summed E-state index contributed by atoms with van der Waals surface area (Å²) in [6, 6.07) is 11.7. The molecule has 2 aromatic rings. The molecule has 82 valence electrons. The van der Waals surface area contributed by atoms with Crippen molar-refractivity contribution in [1.82, 2.24) is 0 Å². The van der Waals surface area contributed by atoms with Crippen LogP contribution in [0.15, 0.2) is 42.6 Å². The van der Waals surface area contributed by atoms with Gasteiger partial charge < -0.3 is 0 Å². The second-order valence-electron chi connectivity index (χ2n) is 3.67. The summed E-state index contributed by atoms with van der Waals surface area (Å²) in [6.45, 7) is 2.76. The lowest BCUT2D eigenvalue weighted by molar-refractivity contribution is -0.694. The van der Waals surface area contributed by atoms with Crippen molar-refractivity contribution in [2.45, 2.75) is 13.5 Å². The molecule has 0 radical (unpaired) electrons. The largest absolute Gasteiger partial charge is 0.198 e. The number of nitrogens with zero attached hydrogens (tertiary/aromatic N) is 1. The Balaban J connectivity index is 2.38. The van der Waals surface area contributed by atoms with Gasteiger partial charge in [0.05, 0.1) is 15.6 Å². The maximum Gasteiger partial charge on any atom is 0.178 e. The molecule has 0 aliphatic heterocycles. The van der Waals surface area contributed by atoms with Crippen molar-refractivity contribution in [3.8, 4) is 0 Å². The lowest BCUT2D eigenvalue weighted by Crippen LogP contribution is -2.37. The van der Waals surface area contributed by atoms with Crippen LogP contribution in [0, 0.1) is 6.92 Å². The monoisotopic (exact) mass is 252 g/mol. The van der Waals surface area contributed by atoms with Crippen molar-refractivity contribution in [3.63, 3.8) is 0 Å². The molecule has 1 aromatic heterocycles. The summed E-state index contributed by atoms with van der Waals surface area (Å²) in [5.74, 6) is 0. The highest BCUT2D eigenvalue weighted by Gasteiger charge is 2.12. The van der Waals surface area contributed by atoms with Gasteiger partial charge in [0.15, 0.2) is 18.4 Å². The van der Waals surface area contributed by atoms with Gasteiger partial charge in [0, 0.05) is 19.1 Å². The van der Waals surface area contributed by atoms with Gasteiger partial charge in [0.1, 0.15) is 0 Å². The average molecular weight is 253 g/mol. The van der Waals surface area contributed by atoms with E-state index in [0.29, 0.717) is 16.6 Å². The molecule has 0 saturated heterocycles. The predicted molar refractivity (Wildman–Crippen MR) is 66.9 cm³/mol. The molecule has 0 atom stereocenters. The third-order valence-electron chi connectivity index (χ3n) is 2.56. The average Bonchev–Trinajstić information content (AvgIpc) is 2.26. The number of hydrogen-bond acceptors (Lipinski definition) is 0. The molecule has 0 fully saturated rings. The Bertz CT molecular complexity index is 489. The Kier molecular flexibility index (Phi) is 3.47. The summed E-state index contributed by atoms with van der Waals surface area (Å²) in [6.07, 6.45) is 2.02. The van der Waals surface area contributed by atoms with Gasteiger partial charge in [-0.2, -0.15) is 4.57 Å². The first-order valence-corrected chi connectivity index (χ1v) is 5.82. The zero-order chi connectivity index (χ0) is 11.5. The first kappa shape index (κ1) is 11.4. The first-order valence-electron chi connectivity index (χ1n) is 5.06. The summed E-state index contributed by atoms with van der Waals surface area (Å²) in [4.78, 5) is 0. The van der Waals surface area contributed by atoms with Gasteiger partial charge in [-0.05, 0) is 12.1 Å². The summed E-state index contributed by atoms with van der Waals surface area (Å²) in [5.41, 5.74) is 2.14. The van der Waals surface area contributed by atoms with E-state index in [0.717, 1.165) is 5.56 Å². The van der Waals surface area contributed by atoms with E-state index in [1.807, 2.05) is 36.5 Å². The standard InChI is InChI=1S/C13H12Cl2N/c1-10-5-2-3-8-16(10)9-11-12(14)6-4-7-13(11)15/h2-8H,9H2,1H3/q+1. The van der Waals surface area contributed by atoms with Gasteiger partial charge in [0.25, 0.3) is 0 Å². The fraction of sp³-hybridized carbons (Fsp3) is 0.154. The summed E-state index contributed by atoms with van der Waals surface area (Å²) in [7, 11) is 0. The van der Waals surface area contributed by atoms with E-state index in [9.17, 15) is 0 Å². The Labute approximate surface area is 105 Å². The summed E-state index contributed by atoms with van der Waals surface area (Å²) in [5, 5.41) is 1.42. The molecule has 0 N–H and O–H groups in total. The number of aryl methyl sites for hydroxylation is 1. The van der Waals surface area contributed by atoms with Crippen LogP contribution >= 0.6 is 23.2 Å². The highest BCUT2D eigenvalue weighted by Crippen LogP contribution is 2.23. The molecule has 1 aromatic carbocycles. The second-order valence-corrected chi connectivity index (χ2v) is 4.48. The van der Waals surface area contributed by atoms with Crippen molar-refractivity contribution in [2.24, 2.45) is 0 Å². The molecular weight excluding hydrogens is 241 g/mol. The molecule has 1 nitrogen and oxygen atoms in total. The molecule has 0 unspecified atom stereocenters. The van der Waals surface area contributed by atoms with E-state index in [1.165, 1.54) is 5.69 Å². The number of rotatable bonds is 2. The third-order valence-corrected chi connectivity index (χ3v) is 3.27. The highest BCUT2D eigenvalue weighted by molar-refractivity contribution is 6.35. The molecule has 0 aliphatic rings. The maximum absolute atomic E-state index is 6.13. The second kappa shape index (κ2) is 4.86. The normalized spacial score (nSPS) is 10.4. The summed E-state index contributed by atoms with van der Waals surface area (Å²) < 4.78 is 2.12. The number of aromatic nitrogens is 1. The predicted octanol–water partition coefficient (Wildman–Crippen LogP) is 3.64. The van der Waals surface area contributed by atoms with Crippen molar-refractivity contribution in [2.75, 3.05) is 0 Å². The Morgan fingerprint density at radius 2 is 1.69 bits per heavy atom. The number of benzene rings is 1. The van der Waals surface area contributed by atoms with Gasteiger partial charge in [-0.15, -0.1) is 0 Å². The van der Waals surface area contributed by atoms with Crippen LogP contribution in [-0.4, -0.2) is 0 Å². The smallest absolute Gasteiger partial charge is 0.178 e. The van der Waals surface area contributed by atoms with Gasteiger partial charge in [-0.1, -0.05) is 35.3 Å². The van der Waals surface area contributed by atoms with E-state index in [1.54, 1.807) is 0 Å². The molecule has 0 spiro atoms. The molecule has 0 aliphatic carbocycles. The van der Waals surface area contributed by atoms with E-state index in [2.05, 4.69) is 17.6 Å². The van der Waals surface area contributed by atoms with Crippen LogP contribution in [0.3, 0.4) is 0 Å². The van der Waals surface area contributed by atoms with Crippen LogP contribution < -0.4 is 4.57 Å². The fourth-order valence-electron chi connectivity index (χ4n) is 1.59. The minimum absolute atomic E-state index is 0.700. The number of hydrogen-bond donors (Lipinski definition) is 0. The van der Waals surface area contributed by atoms with Crippen LogP contribution in [0.1, 0.15) is 11.3 Å². The lowest BCUT2D eigenvalue weighted by atomic mass is 10.2. The fourth-order valence-corrected chi connectivity index (χ4v) is 2.11. The minimum atomic E-state index is 0.700. The van der Waals surface area contributed by atoms with Crippen molar-refractivity contribution < 1.29 is 4.57 Å². The van der Waals surface area contributed by atoms with Crippen LogP contribution in [0.4, 0.5) is 0 Å². The zero-order valence-corrected chi connectivity index (χ0v) is 10.5. The van der Waals surface area contributed by atoms with Crippen LogP contribution in [0.25, 0.3) is 0 Å². The van der Waals surface area contributed by atoms with Gasteiger partial charge in [0.2, 0.25) is 0 Å². The van der Waals surface area contributed by atoms with E-state index in [4.69, 9.17) is 23.2 Å². The maximum atomic E-state index is 6.13. The molecule has 3 heteroatoms. The van der Waals surface area contributed by atoms with E-state index >= 15 is 0 Å². The molecule has 2 rings (SSSR count). The van der Waals surface area contributed by atoms with Crippen LogP contribution in [0.2, 0.25) is 10.0 Å². The van der Waals surface area contributed by atoms with Crippen molar-refractivity contribution >= 4 is 23.2 Å².